The van der Waals surface area contributed by atoms with Crippen molar-refractivity contribution >= 4 is 35.0 Å². The zero-order valence-corrected chi connectivity index (χ0v) is 33.2. The second-order valence-corrected chi connectivity index (χ2v) is 14.6. The third-order valence-corrected chi connectivity index (χ3v) is 11.4. The van der Waals surface area contributed by atoms with Crippen LogP contribution in [0, 0.1) is 0 Å². The SMILES string of the molecule is CCN(CC)[C@@H](C(=O)N1CCC[C@H]1C(=O)Nc1ccc(-c2ccc(NC(=O)[C@@H]3CCCN3C(=O)[C@@H](c3ccccc3)N(CC)CC)cc2)cc1)c1ccccc1. The summed E-state index contributed by atoms with van der Waals surface area (Å²) in [5.41, 5.74) is 5.12. The van der Waals surface area contributed by atoms with E-state index < -0.39 is 24.2 Å². The molecule has 4 atom stereocenters. The lowest BCUT2D eigenvalue weighted by molar-refractivity contribution is -0.141. The van der Waals surface area contributed by atoms with Crippen molar-refractivity contribution in [3.63, 3.8) is 0 Å². The Labute approximate surface area is 331 Å². The molecule has 4 aromatic carbocycles. The van der Waals surface area contributed by atoms with Crippen LogP contribution in [-0.2, 0) is 19.2 Å². The first-order valence-electron chi connectivity index (χ1n) is 20.3. The second kappa shape index (κ2) is 19.0. The van der Waals surface area contributed by atoms with Gasteiger partial charge in [-0.25, -0.2) is 0 Å². The van der Waals surface area contributed by atoms with Gasteiger partial charge in [0.1, 0.15) is 24.2 Å². The molecule has 0 saturated carbocycles. The van der Waals surface area contributed by atoms with Gasteiger partial charge in [0.2, 0.25) is 23.6 Å². The zero-order valence-electron chi connectivity index (χ0n) is 33.2. The maximum atomic E-state index is 14.0. The highest BCUT2D eigenvalue weighted by Gasteiger charge is 2.40. The Bertz CT molecular complexity index is 1770. The molecule has 2 heterocycles. The number of carbonyl (C=O) groups excluding carboxylic acids is 4. The molecule has 2 aliphatic heterocycles. The number of benzene rings is 4. The van der Waals surface area contributed by atoms with Crippen molar-refractivity contribution in [1.29, 1.82) is 0 Å². The van der Waals surface area contributed by atoms with Crippen LogP contribution in [0.25, 0.3) is 11.1 Å². The number of hydrogen-bond donors (Lipinski definition) is 2. The van der Waals surface area contributed by atoms with Gasteiger partial charge in [-0.3, -0.25) is 29.0 Å². The minimum absolute atomic E-state index is 0.0337. The van der Waals surface area contributed by atoms with Crippen LogP contribution in [0.1, 0.15) is 76.6 Å². The van der Waals surface area contributed by atoms with Gasteiger partial charge in [-0.15, -0.1) is 0 Å². The van der Waals surface area contributed by atoms with Gasteiger partial charge in [0.25, 0.3) is 0 Å². The number of nitrogens with zero attached hydrogens (tertiary/aromatic N) is 4. The average Bonchev–Trinajstić information content (AvgIpc) is 3.94. The highest BCUT2D eigenvalue weighted by molar-refractivity contribution is 5.99. The zero-order chi connectivity index (χ0) is 39.6. The van der Waals surface area contributed by atoms with Crippen molar-refractivity contribution in [2.45, 2.75) is 77.5 Å². The van der Waals surface area contributed by atoms with Crippen molar-refractivity contribution in [2.24, 2.45) is 0 Å². The van der Waals surface area contributed by atoms with Crippen LogP contribution in [0.2, 0.25) is 0 Å². The summed E-state index contributed by atoms with van der Waals surface area (Å²) in [7, 11) is 0. The Hall–Kier alpha value is -5.32. The molecule has 0 radical (unpaired) electrons. The van der Waals surface area contributed by atoms with Gasteiger partial charge in [0, 0.05) is 24.5 Å². The Morgan fingerprint density at radius 2 is 0.875 bits per heavy atom. The van der Waals surface area contributed by atoms with Gasteiger partial charge in [0.15, 0.2) is 0 Å². The number of anilines is 2. The van der Waals surface area contributed by atoms with Gasteiger partial charge < -0.3 is 20.4 Å². The maximum absolute atomic E-state index is 14.0. The molecule has 2 fully saturated rings. The molecule has 10 nitrogen and oxygen atoms in total. The second-order valence-electron chi connectivity index (χ2n) is 14.6. The van der Waals surface area contributed by atoms with E-state index >= 15 is 0 Å². The molecule has 6 rings (SSSR count). The summed E-state index contributed by atoms with van der Waals surface area (Å²) in [6.45, 7) is 12.2. The van der Waals surface area contributed by atoms with Crippen LogP contribution >= 0.6 is 0 Å². The molecule has 4 amide bonds. The van der Waals surface area contributed by atoms with Crippen molar-refractivity contribution in [3.8, 4) is 11.1 Å². The van der Waals surface area contributed by atoms with Crippen LogP contribution in [0.15, 0.2) is 109 Å². The minimum atomic E-state index is -0.534. The Kier molecular flexibility index (Phi) is 13.7. The van der Waals surface area contributed by atoms with E-state index in [1.165, 1.54) is 0 Å². The molecule has 2 aliphatic rings. The Morgan fingerprint density at radius 3 is 1.20 bits per heavy atom. The van der Waals surface area contributed by atoms with E-state index in [0.717, 1.165) is 61.3 Å². The number of rotatable bonds is 15. The van der Waals surface area contributed by atoms with Gasteiger partial charge in [-0.1, -0.05) is 113 Å². The van der Waals surface area contributed by atoms with E-state index in [9.17, 15) is 19.2 Å². The van der Waals surface area contributed by atoms with Crippen LogP contribution in [0.3, 0.4) is 0 Å². The number of likely N-dealkylation sites (tertiary alicyclic amines) is 2. The van der Waals surface area contributed by atoms with Crippen LogP contribution in [-0.4, -0.2) is 94.6 Å². The first kappa shape index (κ1) is 40.3. The normalized spacial score (nSPS) is 17.9. The fraction of sp³-hybridized carbons (Fsp3) is 0.391. The lowest BCUT2D eigenvalue weighted by atomic mass is 10.0. The molecule has 2 saturated heterocycles. The van der Waals surface area contributed by atoms with E-state index in [1.807, 2.05) is 109 Å². The lowest BCUT2D eigenvalue weighted by Crippen LogP contribution is -2.48. The summed E-state index contributed by atoms with van der Waals surface area (Å²) in [5, 5.41) is 6.11. The number of amides is 4. The van der Waals surface area contributed by atoms with Crippen LogP contribution < -0.4 is 10.6 Å². The lowest BCUT2D eigenvalue weighted by Gasteiger charge is -2.34. The highest BCUT2D eigenvalue weighted by atomic mass is 16.2. The third-order valence-electron chi connectivity index (χ3n) is 11.4. The van der Waals surface area contributed by atoms with Crippen LogP contribution in [0.5, 0.6) is 0 Å². The summed E-state index contributed by atoms with van der Waals surface area (Å²) in [5.74, 6) is -0.426. The molecule has 56 heavy (non-hydrogen) atoms. The summed E-state index contributed by atoms with van der Waals surface area (Å²) in [6.07, 6.45) is 2.80. The summed E-state index contributed by atoms with van der Waals surface area (Å²) in [6, 6.07) is 33.0. The molecular formula is C46H56N6O4. The first-order chi connectivity index (χ1) is 27.3. The third kappa shape index (κ3) is 9.03. The number of nitrogens with one attached hydrogen (secondary N) is 2. The van der Waals surface area contributed by atoms with E-state index in [-0.39, 0.29) is 23.6 Å². The largest absolute Gasteiger partial charge is 0.329 e. The van der Waals surface area contributed by atoms with Crippen molar-refractivity contribution in [3.05, 3.63) is 120 Å². The average molecular weight is 757 g/mol. The summed E-state index contributed by atoms with van der Waals surface area (Å²) in [4.78, 5) is 63.1. The summed E-state index contributed by atoms with van der Waals surface area (Å²) >= 11 is 0. The molecule has 4 aromatic rings. The first-order valence-corrected chi connectivity index (χ1v) is 20.3. The van der Waals surface area contributed by atoms with E-state index in [0.29, 0.717) is 37.3 Å². The van der Waals surface area contributed by atoms with Gasteiger partial charge in [-0.2, -0.15) is 0 Å². The standard InChI is InChI=1S/C46H56N6O4/c1-5-49(6-2)41(35-17-11-9-12-18-35)45(55)51-31-15-21-39(51)43(53)47-37-27-23-33(24-28-37)34-25-29-38(30-26-34)48-44(54)40-22-16-32-52(40)46(56)42(50(7-3)8-4)36-19-13-10-14-20-36/h9-14,17-20,23-30,39-42H,5-8,15-16,21-22,31-32H2,1-4H3,(H,47,53)(H,48,54)/t39-,40-,41+,42+/m0/s1. The quantitative estimate of drug-likeness (QED) is 0.131. The molecule has 0 unspecified atom stereocenters. The number of likely N-dealkylation sites (N-methyl/N-ethyl adjacent to an activating group) is 2. The maximum Gasteiger partial charge on any atom is 0.247 e. The predicted octanol–water partition coefficient (Wildman–Crippen LogP) is 7.38. The molecule has 0 aromatic heterocycles. The fourth-order valence-electron chi connectivity index (χ4n) is 8.33. The van der Waals surface area contributed by atoms with Gasteiger partial charge in [0.05, 0.1) is 0 Å². The molecule has 0 spiro atoms. The molecule has 294 valence electrons. The molecular weight excluding hydrogens is 701 g/mol. The Balaban J connectivity index is 1.07. The molecule has 2 N–H and O–H groups in total. The van der Waals surface area contributed by atoms with Crippen LogP contribution in [0.4, 0.5) is 11.4 Å². The number of carbonyl (C=O) groups is 4. The van der Waals surface area contributed by atoms with E-state index in [1.54, 1.807) is 9.80 Å². The number of hydrogen-bond acceptors (Lipinski definition) is 6. The summed E-state index contributed by atoms with van der Waals surface area (Å²) < 4.78 is 0. The molecule has 10 heteroatoms. The van der Waals surface area contributed by atoms with E-state index in [2.05, 4.69) is 48.1 Å². The predicted molar refractivity (Wildman–Crippen MR) is 223 cm³/mol. The van der Waals surface area contributed by atoms with E-state index in [4.69, 9.17) is 0 Å². The van der Waals surface area contributed by atoms with Crippen molar-refractivity contribution in [1.82, 2.24) is 19.6 Å². The van der Waals surface area contributed by atoms with Crippen molar-refractivity contribution in [2.75, 3.05) is 49.9 Å². The monoisotopic (exact) mass is 756 g/mol. The molecule has 0 aliphatic carbocycles. The topological polar surface area (TPSA) is 105 Å². The minimum Gasteiger partial charge on any atom is -0.329 e. The van der Waals surface area contributed by atoms with Gasteiger partial charge in [-0.05, 0) is 98.4 Å². The van der Waals surface area contributed by atoms with Gasteiger partial charge >= 0.3 is 0 Å². The Morgan fingerprint density at radius 1 is 0.536 bits per heavy atom. The van der Waals surface area contributed by atoms with Crippen molar-refractivity contribution < 1.29 is 19.2 Å². The highest BCUT2D eigenvalue weighted by Crippen LogP contribution is 2.31. The fourth-order valence-corrected chi connectivity index (χ4v) is 8.33. The smallest absolute Gasteiger partial charge is 0.247 e. The molecule has 0 bridgehead atoms.